The molecule has 34 heavy (non-hydrogen) atoms. The van der Waals surface area contributed by atoms with Gasteiger partial charge in [0.05, 0.1) is 10.4 Å². The van der Waals surface area contributed by atoms with E-state index in [4.69, 9.17) is 30.7 Å². The first-order chi connectivity index (χ1) is 16.4. The molecule has 0 saturated heterocycles. The number of ether oxygens (including phenoxy) is 2. The summed E-state index contributed by atoms with van der Waals surface area (Å²) < 4.78 is 16.8. The van der Waals surface area contributed by atoms with Crippen LogP contribution in [-0.2, 0) is 11.2 Å². The maximum Gasteiger partial charge on any atom is 0.341 e. The van der Waals surface area contributed by atoms with Gasteiger partial charge in [-0.05, 0) is 55.3 Å². The standard InChI is InChI=1S/C25H22ClNO5.C2H6/c1-3-4-16-11-18(31-17-7-5-15(2)6-8-17)9-10-19(16)25-20-12-23(30-14-24(28)29)21(26)13-22(20)32-27-25;1-2/h5-13H,3-4,14H2,1-2H3,(H,28,29);1-2H3. The molecule has 0 unspecified atom stereocenters. The molecule has 0 fully saturated rings. The number of carbonyl (C=O) groups is 1. The SMILES string of the molecule is CC.CCCc1cc(Oc2ccc(C)cc2)ccc1-c1noc2cc(Cl)c(OCC(=O)O)cc12. The van der Waals surface area contributed by atoms with E-state index in [1.807, 2.05) is 63.2 Å². The topological polar surface area (TPSA) is 81.8 Å². The predicted molar refractivity (Wildman–Crippen MR) is 134 cm³/mol. The number of fused-ring (bicyclic) bond motifs is 1. The van der Waals surface area contributed by atoms with E-state index in [9.17, 15) is 4.79 Å². The second kappa shape index (κ2) is 11.6. The lowest BCUT2D eigenvalue weighted by Gasteiger charge is -2.12. The van der Waals surface area contributed by atoms with Crippen molar-refractivity contribution in [2.45, 2.75) is 40.5 Å². The van der Waals surface area contributed by atoms with Gasteiger partial charge in [-0.2, -0.15) is 0 Å². The largest absolute Gasteiger partial charge is 0.480 e. The zero-order valence-corrected chi connectivity index (χ0v) is 20.5. The van der Waals surface area contributed by atoms with Crippen LogP contribution in [0.25, 0.3) is 22.2 Å². The number of carboxylic acid groups (broad SMARTS) is 1. The Morgan fingerprint density at radius 2 is 1.76 bits per heavy atom. The zero-order valence-electron chi connectivity index (χ0n) is 19.7. The summed E-state index contributed by atoms with van der Waals surface area (Å²) in [7, 11) is 0. The van der Waals surface area contributed by atoms with Crippen LogP contribution in [0.2, 0.25) is 5.02 Å². The lowest BCUT2D eigenvalue weighted by Crippen LogP contribution is -2.09. The Kier molecular flexibility index (Phi) is 8.55. The van der Waals surface area contributed by atoms with Gasteiger partial charge in [0, 0.05) is 11.6 Å². The van der Waals surface area contributed by atoms with Crippen LogP contribution in [0, 0.1) is 6.92 Å². The molecule has 0 aliphatic heterocycles. The molecular weight excluding hydrogens is 454 g/mol. The van der Waals surface area contributed by atoms with Crippen LogP contribution < -0.4 is 9.47 Å². The highest BCUT2D eigenvalue weighted by Crippen LogP contribution is 2.38. The van der Waals surface area contributed by atoms with Gasteiger partial charge in [0.25, 0.3) is 0 Å². The third kappa shape index (κ3) is 5.88. The molecule has 0 radical (unpaired) electrons. The fourth-order valence-corrected chi connectivity index (χ4v) is 3.68. The molecular formula is C27H28ClNO5. The maximum absolute atomic E-state index is 10.9. The molecule has 0 atom stereocenters. The quantitative estimate of drug-likeness (QED) is 0.277. The Hall–Kier alpha value is -3.51. The summed E-state index contributed by atoms with van der Waals surface area (Å²) >= 11 is 6.21. The van der Waals surface area contributed by atoms with Gasteiger partial charge in [0.15, 0.2) is 12.2 Å². The molecule has 0 aliphatic carbocycles. The van der Waals surface area contributed by atoms with Crippen LogP contribution in [-0.4, -0.2) is 22.8 Å². The first kappa shape index (κ1) is 25.1. The number of hydrogen-bond acceptors (Lipinski definition) is 5. The van der Waals surface area contributed by atoms with Gasteiger partial charge in [-0.15, -0.1) is 0 Å². The molecule has 7 heteroatoms. The first-order valence-corrected chi connectivity index (χ1v) is 11.6. The average molecular weight is 482 g/mol. The van der Waals surface area contributed by atoms with Gasteiger partial charge in [-0.25, -0.2) is 4.79 Å². The number of rotatable bonds is 8. The van der Waals surface area contributed by atoms with Crippen molar-refractivity contribution in [2.75, 3.05) is 6.61 Å². The molecule has 1 heterocycles. The van der Waals surface area contributed by atoms with E-state index < -0.39 is 12.6 Å². The van der Waals surface area contributed by atoms with Crippen LogP contribution >= 0.6 is 11.6 Å². The molecule has 178 valence electrons. The van der Waals surface area contributed by atoms with Crippen LogP contribution in [0.1, 0.15) is 38.3 Å². The monoisotopic (exact) mass is 481 g/mol. The number of carboxylic acids is 1. The number of aryl methyl sites for hydroxylation is 2. The van der Waals surface area contributed by atoms with E-state index in [0.29, 0.717) is 16.7 Å². The number of hydrogen-bond donors (Lipinski definition) is 1. The smallest absolute Gasteiger partial charge is 0.341 e. The molecule has 4 aromatic rings. The molecule has 1 N–H and O–H groups in total. The number of nitrogens with zero attached hydrogens (tertiary/aromatic N) is 1. The second-order valence-electron chi connectivity index (χ2n) is 7.48. The van der Waals surface area contributed by atoms with E-state index >= 15 is 0 Å². The highest BCUT2D eigenvalue weighted by Gasteiger charge is 2.18. The van der Waals surface area contributed by atoms with Crippen molar-refractivity contribution in [3.05, 3.63) is 70.7 Å². The Morgan fingerprint density at radius 3 is 2.44 bits per heavy atom. The van der Waals surface area contributed by atoms with Crippen LogP contribution in [0.15, 0.2) is 59.1 Å². The molecule has 3 aromatic carbocycles. The van der Waals surface area contributed by atoms with Crippen molar-refractivity contribution in [1.82, 2.24) is 5.16 Å². The minimum atomic E-state index is -1.08. The molecule has 0 aliphatic rings. The molecule has 6 nitrogen and oxygen atoms in total. The molecule has 4 rings (SSSR count). The Labute approximate surface area is 204 Å². The third-order valence-corrected chi connectivity index (χ3v) is 5.28. The van der Waals surface area contributed by atoms with Gasteiger partial charge in [0.2, 0.25) is 0 Å². The van der Waals surface area contributed by atoms with E-state index in [1.54, 1.807) is 12.1 Å². The minimum absolute atomic E-state index is 0.261. The summed E-state index contributed by atoms with van der Waals surface area (Å²) in [6, 6.07) is 17.0. The highest BCUT2D eigenvalue weighted by molar-refractivity contribution is 6.32. The third-order valence-electron chi connectivity index (χ3n) is 4.98. The van der Waals surface area contributed by atoms with Crippen LogP contribution in [0.3, 0.4) is 0 Å². The van der Waals surface area contributed by atoms with Crippen LogP contribution in [0.5, 0.6) is 17.2 Å². The first-order valence-electron chi connectivity index (χ1n) is 11.3. The molecule has 0 spiro atoms. The maximum atomic E-state index is 10.9. The summed E-state index contributed by atoms with van der Waals surface area (Å²) in [5.74, 6) is 0.693. The van der Waals surface area contributed by atoms with E-state index in [-0.39, 0.29) is 10.8 Å². The van der Waals surface area contributed by atoms with E-state index in [1.165, 1.54) is 5.56 Å². The second-order valence-corrected chi connectivity index (χ2v) is 7.88. The number of aromatic nitrogens is 1. The molecule has 0 bridgehead atoms. The Bertz CT molecular complexity index is 1260. The number of benzene rings is 3. The summed E-state index contributed by atoms with van der Waals surface area (Å²) in [6.45, 7) is 7.65. The van der Waals surface area contributed by atoms with E-state index in [0.717, 1.165) is 35.5 Å². The minimum Gasteiger partial charge on any atom is -0.480 e. The molecule has 0 amide bonds. The molecule has 1 aromatic heterocycles. The van der Waals surface area contributed by atoms with Crippen molar-refractivity contribution in [2.24, 2.45) is 0 Å². The zero-order chi connectivity index (χ0) is 24.7. The summed E-state index contributed by atoms with van der Waals surface area (Å²) in [5, 5.41) is 14.1. The van der Waals surface area contributed by atoms with E-state index in [2.05, 4.69) is 12.1 Å². The number of halogens is 1. The lowest BCUT2D eigenvalue weighted by molar-refractivity contribution is -0.139. The summed E-state index contributed by atoms with van der Waals surface area (Å²) in [5.41, 5.74) is 4.28. The Morgan fingerprint density at radius 1 is 1.06 bits per heavy atom. The van der Waals surface area contributed by atoms with Crippen molar-refractivity contribution < 1.29 is 23.9 Å². The van der Waals surface area contributed by atoms with Crippen molar-refractivity contribution in [1.29, 1.82) is 0 Å². The van der Waals surface area contributed by atoms with Crippen LogP contribution in [0.4, 0.5) is 0 Å². The van der Waals surface area contributed by atoms with Crippen molar-refractivity contribution in [3.8, 4) is 28.5 Å². The highest BCUT2D eigenvalue weighted by atomic mass is 35.5. The van der Waals surface area contributed by atoms with Gasteiger partial charge in [-0.3, -0.25) is 0 Å². The van der Waals surface area contributed by atoms with Crippen molar-refractivity contribution in [3.63, 3.8) is 0 Å². The lowest BCUT2D eigenvalue weighted by atomic mass is 9.98. The predicted octanol–water partition coefficient (Wildman–Crippen LogP) is 7.69. The fraction of sp³-hybridized carbons (Fsp3) is 0.259. The van der Waals surface area contributed by atoms with Gasteiger partial charge in [-0.1, -0.05) is 61.6 Å². The van der Waals surface area contributed by atoms with Gasteiger partial charge < -0.3 is 19.1 Å². The Balaban J connectivity index is 0.00000158. The fourth-order valence-electron chi connectivity index (χ4n) is 3.47. The normalized spacial score (nSPS) is 10.5. The average Bonchev–Trinajstić information content (AvgIpc) is 3.23. The van der Waals surface area contributed by atoms with Crippen molar-refractivity contribution >= 4 is 28.5 Å². The number of aliphatic carboxylic acids is 1. The summed E-state index contributed by atoms with van der Waals surface area (Å²) in [4.78, 5) is 10.9. The molecule has 0 saturated carbocycles. The van der Waals surface area contributed by atoms with Gasteiger partial charge in [0.1, 0.15) is 22.9 Å². The summed E-state index contributed by atoms with van der Waals surface area (Å²) in [6.07, 6.45) is 1.76. The van der Waals surface area contributed by atoms with Gasteiger partial charge >= 0.3 is 5.97 Å².